The number of hydrogen-bond donors (Lipinski definition) is 3. The van der Waals surface area contributed by atoms with E-state index in [0.717, 1.165) is 43.9 Å². The van der Waals surface area contributed by atoms with Crippen LogP contribution in [-0.2, 0) is 0 Å². The number of hydrogen-bond acceptors (Lipinski definition) is 11. The van der Waals surface area contributed by atoms with E-state index in [1.165, 1.54) is 0 Å². The summed E-state index contributed by atoms with van der Waals surface area (Å²) in [6, 6.07) is 14.7. The summed E-state index contributed by atoms with van der Waals surface area (Å²) in [7, 11) is 0. The molecule has 4 aromatic heterocycles. The lowest BCUT2D eigenvalue weighted by Crippen LogP contribution is -2.50. The van der Waals surface area contributed by atoms with Crippen molar-refractivity contribution in [1.82, 2.24) is 40.1 Å². The average molecular weight is 588 g/mol. The molecule has 0 aliphatic carbocycles. The first-order chi connectivity index (χ1) is 21.5. The lowest BCUT2D eigenvalue weighted by Gasteiger charge is -2.41. The smallest absolute Gasteiger partial charge is 0.272 e. The topological polar surface area (TPSA) is 164 Å². The first kappa shape index (κ1) is 27.1. The fraction of sp³-hybridized carbons (Fsp3) is 0.258. The van der Waals surface area contributed by atoms with Crippen molar-refractivity contribution in [1.29, 1.82) is 0 Å². The lowest BCUT2D eigenvalue weighted by molar-refractivity contribution is 0.0953. The summed E-state index contributed by atoms with van der Waals surface area (Å²) in [6.07, 6.45) is 8.01. The normalized spacial score (nSPS) is 17.6. The summed E-state index contributed by atoms with van der Waals surface area (Å²) in [5.41, 5.74) is 9.22. The van der Waals surface area contributed by atoms with Crippen molar-refractivity contribution in [3.63, 3.8) is 0 Å². The number of phenols is 1. The minimum Gasteiger partial charge on any atom is -0.507 e. The van der Waals surface area contributed by atoms with Gasteiger partial charge in [0.1, 0.15) is 11.6 Å². The number of carbonyl (C=O) groups excluding carboxylic acids is 1. The maximum Gasteiger partial charge on any atom is 0.272 e. The molecule has 5 aromatic rings. The summed E-state index contributed by atoms with van der Waals surface area (Å²) in [5, 5.41) is 25.8. The summed E-state index contributed by atoms with van der Waals surface area (Å²) in [5.74, 6) is 7.30. The Balaban J connectivity index is 1.04. The zero-order chi connectivity index (χ0) is 30.0. The summed E-state index contributed by atoms with van der Waals surface area (Å²) < 4.78 is 1.55. The summed E-state index contributed by atoms with van der Waals surface area (Å²) in [6.45, 7) is 1.80. The third-order valence-electron chi connectivity index (χ3n) is 8.04. The molecule has 2 aliphatic rings. The molecule has 0 bridgehead atoms. The molecule has 2 fully saturated rings. The molecule has 2 saturated heterocycles. The zero-order valence-corrected chi connectivity index (χ0v) is 23.7. The number of nitrogens with zero attached hydrogens (tertiary/aromatic N) is 9. The van der Waals surface area contributed by atoms with Gasteiger partial charge < -0.3 is 26.0 Å². The highest BCUT2D eigenvalue weighted by molar-refractivity contribution is 5.93. The quantitative estimate of drug-likeness (QED) is 0.259. The van der Waals surface area contributed by atoms with Gasteiger partial charge in [-0.3, -0.25) is 4.79 Å². The number of aromatic hydroxyl groups is 1. The standard InChI is InChI=1S/C31H29N11O2/c32-30-25(18-21(37-38-30)20-6-1-2-8-26(20)43)40-17-11-24-23(40)7-4-15-41(24)28-10-14-33-27(36-28)9-3-12-35-31(44)22-19-29-34-13-5-16-42(29)39-22/h1-2,5-6,8,10,13-14,16,18-19,23-24,43H,4,7,11-12,15,17H2,(H2,32,38)(H,35,44). The number of carbonyl (C=O) groups is 1. The van der Waals surface area contributed by atoms with Crippen molar-refractivity contribution in [2.75, 3.05) is 35.2 Å². The van der Waals surface area contributed by atoms with Crippen LogP contribution in [0.25, 0.3) is 16.9 Å². The second kappa shape index (κ2) is 11.5. The number of nitrogens with two attached hydrogens (primary N) is 1. The molecular formula is C31H29N11O2. The van der Waals surface area contributed by atoms with Crippen LogP contribution >= 0.6 is 0 Å². The van der Waals surface area contributed by atoms with Crippen LogP contribution in [0.1, 0.15) is 35.6 Å². The van der Waals surface area contributed by atoms with Gasteiger partial charge in [-0.25, -0.2) is 19.5 Å². The third-order valence-corrected chi connectivity index (χ3v) is 8.04. The Labute approximate surface area is 252 Å². The van der Waals surface area contributed by atoms with E-state index in [-0.39, 0.29) is 36.0 Å². The Kier molecular flexibility index (Phi) is 7.07. The van der Waals surface area contributed by atoms with Crippen molar-refractivity contribution < 1.29 is 9.90 Å². The predicted octanol–water partition coefficient (Wildman–Crippen LogP) is 2.29. The van der Waals surface area contributed by atoms with E-state index in [9.17, 15) is 9.90 Å². The highest BCUT2D eigenvalue weighted by Crippen LogP contribution is 2.39. The molecule has 0 saturated carbocycles. The average Bonchev–Trinajstić information content (AvgIpc) is 3.69. The maximum atomic E-state index is 12.5. The number of anilines is 3. The molecule has 13 heteroatoms. The highest BCUT2D eigenvalue weighted by Gasteiger charge is 2.41. The van der Waals surface area contributed by atoms with Gasteiger partial charge in [-0.1, -0.05) is 18.1 Å². The Morgan fingerprint density at radius 2 is 1.91 bits per heavy atom. The fourth-order valence-corrected chi connectivity index (χ4v) is 6.06. The number of phenolic OH excluding ortho intramolecular Hbond substituents is 1. The van der Waals surface area contributed by atoms with Gasteiger partial charge in [-0.05, 0) is 55.5 Å². The van der Waals surface area contributed by atoms with Gasteiger partial charge in [0.15, 0.2) is 17.2 Å². The molecule has 2 atom stereocenters. The predicted molar refractivity (Wildman–Crippen MR) is 164 cm³/mol. The van der Waals surface area contributed by atoms with Crippen molar-refractivity contribution in [3.8, 4) is 28.8 Å². The number of nitrogen functional groups attached to an aromatic ring is 1. The molecular weight excluding hydrogens is 558 g/mol. The Bertz CT molecular complexity index is 1880. The minimum atomic E-state index is -0.331. The molecule has 2 unspecified atom stereocenters. The molecule has 0 spiro atoms. The van der Waals surface area contributed by atoms with E-state index in [4.69, 9.17) is 10.7 Å². The van der Waals surface area contributed by atoms with Gasteiger partial charge in [-0.2, -0.15) is 5.10 Å². The van der Waals surface area contributed by atoms with E-state index in [0.29, 0.717) is 28.5 Å². The number of aromatic nitrogens is 7. The highest BCUT2D eigenvalue weighted by atomic mass is 16.3. The van der Waals surface area contributed by atoms with Crippen LogP contribution < -0.4 is 20.9 Å². The molecule has 44 heavy (non-hydrogen) atoms. The number of amides is 1. The molecule has 2 aliphatic heterocycles. The second-order valence-corrected chi connectivity index (χ2v) is 10.6. The zero-order valence-electron chi connectivity index (χ0n) is 23.7. The summed E-state index contributed by atoms with van der Waals surface area (Å²) >= 11 is 0. The number of fused-ring (bicyclic) bond motifs is 2. The number of nitrogens with one attached hydrogen (secondary N) is 1. The van der Waals surface area contributed by atoms with E-state index in [1.54, 1.807) is 47.4 Å². The van der Waals surface area contributed by atoms with Crippen LogP contribution in [0.5, 0.6) is 5.75 Å². The van der Waals surface area contributed by atoms with Crippen molar-refractivity contribution in [2.45, 2.75) is 31.3 Å². The first-order valence-corrected chi connectivity index (χ1v) is 14.4. The van der Waals surface area contributed by atoms with Crippen molar-refractivity contribution >= 4 is 28.9 Å². The van der Waals surface area contributed by atoms with Gasteiger partial charge >= 0.3 is 0 Å². The van der Waals surface area contributed by atoms with E-state index in [2.05, 4.69) is 52.2 Å². The van der Waals surface area contributed by atoms with Gasteiger partial charge in [0.25, 0.3) is 5.91 Å². The van der Waals surface area contributed by atoms with Crippen LogP contribution in [0, 0.1) is 11.8 Å². The molecule has 6 heterocycles. The number of piperidine rings is 1. The Morgan fingerprint density at radius 3 is 2.80 bits per heavy atom. The fourth-order valence-electron chi connectivity index (χ4n) is 6.06. The van der Waals surface area contributed by atoms with Crippen LogP contribution in [0.2, 0.25) is 0 Å². The monoisotopic (exact) mass is 587 g/mol. The molecule has 7 rings (SSSR count). The van der Waals surface area contributed by atoms with E-state index >= 15 is 0 Å². The molecule has 0 radical (unpaired) electrons. The van der Waals surface area contributed by atoms with Gasteiger partial charge in [-0.15, -0.1) is 10.2 Å². The first-order valence-electron chi connectivity index (χ1n) is 14.4. The second-order valence-electron chi connectivity index (χ2n) is 10.6. The Morgan fingerprint density at radius 1 is 1.02 bits per heavy atom. The van der Waals surface area contributed by atoms with Crippen LogP contribution in [0.3, 0.4) is 0 Å². The Hall–Kier alpha value is -5.77. The summed E-state index contributed by atoms with van der Waals surface area (Å²) in [4.78, 5) is 30.4. The van der Waals surface area contributed by atoms with Crippen molar-refractivity contribution in [3.05, 3.63) is 78.6 Å². The SMILES string of the molecule is Nc1nnc(-c2ccccc2O)cc1N1CCC2C1CCCN2c1ccnc(C#CCNC(=O)c2cc3ncccn3n2)n1. The maximum absolute atomic E-state index is 12.5. The largest absolute Gasteiger partial charge is 0.507 e. The van der Waals surface area contributed by atoms with Crippen LogP contribution in [0.4, 0.5) is 17.3 Å². The minimum absolute atomic E-state index is 0.126. The number of benzene rings is 1. The van der Waals surface area contributed by atoms with Crippen LogP contribution in [0.15, 0.2) is 67.1 Å². The number of para-hydroxylation sites is 1. The number of rotatable bonds is 5. The van der Waals surface area contributed by atoms with Crippen LogP contribution in [-0.4, -0.2) is 77.5 Å². The third kappa shape index (κ3) is 5.17. The molecule has 1 aromatic carbocycles. The van der Waals surface area contributed by atoms with E-state index in [1.807, 2.05) is 24.3 Å². The molecule has 220 valence electrons. The van der Waals surface area contributed by atoms with Gasteiger partial charge in [0.2, 0.25) is 5.82 Å². The molecule has 4 N–H and O–H groups in total. The lowest BCUT2D eigenvalue weighted by atomic mass is 9.96. The molecule has 13 nitrogen and oxygen atoms in total. The van der Waals surface area contributed by atoms with Gasteiger partial charge in [0, 0.05) is 49.4 Å². The van der Waals surface area contributed by atoms with E-state index < -0.39 is 0 Å². The van der Waals surface area contributed by atoms with Gasteiger partial charge in [0.05, 0.1) is 24.0 Å². The van der Waals surface area contributed by atoms with Crippen molar-refractivity contribution in [2.24, 2.45) is 0 Å². The molecule has 1 amide bonds.